The quantitative estimate of drug-likeness (QED) is 0.346. The summed E-state index contributed by atoms with van der Waals surface area (Å²) in [5.74, 6) is 0. The third-order valence-electron chi connectivity index (χ3n) is 4.00. The molecular formula is C21H13ClN4S. The topological polar surface area (TPSA) is 61.1 Å². The molecule has 1 N–H and O–H groups in total. The maximum absolute atomic E-state index is 9.45. The zero-order chi connectivity index (χ0) is 18.6. The number of hydrogen-bond acceptors (Lipinski definition) is 5. The molecule has 1 heterocycles. The molecule has 0 unspecified atom stereocenters. The van der Waals surface area contributed by atoms with E-state index in [2.05, 4.69) is 45.8 Å². The Bertz CT molecular complexity index is 1170. The number of fused-ring (bicyclic) bond motifs is 1. The largest absolute Gasteiger partial charge is 0.277 e. The van der Waals surface area contributed by atoms with E-state index in [0.717, 1.165) is 22.3 Å². The number of hydrogen-bond donors (Lipinski definition) is 1. The minimum absolute atomic E-state index is 0.238. The molecule has 27 heavy (non-hydrogen) atoms. The number of aromatic nitrogens is 1. The van der Waals surface area contributed by atoms with E-state index in [1.54, 1.807) is 24.3 Å². The van der Waals surface area contributed by atoms with Gasteiger partial charge in [0.2, 0.25) is 0 Å². The molecule has 0 bridgehead atoms. The summed E-state index contributed by atoms with van der Waals surface area (Å²) in [6, 6.07) is 23.6. The van der Waals surface area contributed by atoms with Crippen LogP contribution in [0.15, 0.2) is 77.2 Å². The van der Waals surface area contributed by atoms with Crippen molar-refractivity contribution in [1.29, 1.82) is 5.26 Å². The molecule has 0 atom stereocenters. The van der Waals surface area contributed by atoms with Gasteiger partial charge in [0.15, 0.2) is 10.7 Å². The average Bonchev–Trinajstić information content (AvgIpc) is 3.19. The van der Waals surface area contributed by atoms with E-state index in [9.17, 15) is 5.26 Å². The molecule has 0 aliphatic carbocycles. The summed E-state index contributed by atoms with van der Waals surface area (Å²) in [5.41, 5.74) is 5.70. The highest BCUT2D eigenvalue weighted by Gasteiger charge is 2.11. The molecule has 0 saturated carbocycles. The molecule has 4 rings (SSSR count). The second-order valence-corrected chi connectivity index (χ2v) is 7.09. The molecule has 1 aromatic heterocycles. The van der Waals surface area contributed by atoms with Gasteiger partial charge < -0.3 is 0 Å². The van der Waals surface area contributed by atoms with E-state index >= 15 is 0 Å². The Balaban J connectivity index is 1.60. The maximum Gasteiger partial charge on any atom is 0.196 e. The first-order valence-corrected chi connectivity index (χ1v) is 9.43. The Labute approximate surface area is 165 Å². The fourth-order valence-corrected chi connectivity index (χ4v) is 3.52. The lowest BCUT2D eigenvalue weighted by Crippen LogP contribution is -2.01. The lowest BCUT2D eigenvalue weighted by Gasteiger charge is -2.01. The summed E-state index contributed by atoms with van der Waals surface area (Å²) in [4.78, 5) is 4.59. The Hall–Kier alpha value is -3.20. The summed E-state index contributed by atoms with van der Waals surface area (Å²) in [6.45, 7) is 0. The monoisotopic (exact) mass is 388 g/mol. The predicted octanol–water partition coefficient (Wildman–Crippen LogP) is 5.96. The lowest BCUT2D eigenvalue weighted by atomic mass is 10.1. The highest BCUT2D eigenvalue weighted by Crippen LogP contribution is 2.26. The smallest absolute Gasteiger partial charge is 0.196 e. The molecule has 4 aromatic rings. The first kappa shape index (κ1) is 17.2. The average molecular weight is 389 g/mol. The van der Waals surface area contributed by atoms with Crippen LogP contribution in [0.3, 0.4) is 0 Å². The van der Waals surface area contributed by atoms with Gasteiger partial charge in [0.25, 0.3) is 0 Å². The number of nitriles is 1. The van der Waals surface area contributed by atoms with Gasteiger partial charge in [-0.25, -0.2) is 4.98 Å². The summed E-state index contributed by atoms with van der Waals surface area (Å²) >= 11 is 7.27. The predicted molar refractivity (Wildman–Crippen MR) is 112 cm³/mol. The Kier molecular flexibility index (Phi) is 4.84. The Morgan fingerprint density at radius 1 is 1.04 bits per heavy atom. The van der Waals surface area contributed by atoms with Gasteiger partial charge >= 0.3 is 0 Å². The fraction of sp³-hybridized carbons (Fsp3) is 0. The van der Waals surface area contributed by atoms with Crippen LogP contribution in [0.25, 0.3) is 22.0 Å². The number of nitrogens with zero attached hydrogens (tertiary/aromatic N) is 3. The van der Waals surface area contributed by atoms with Crippen LogP contribution < -0.4 is 5.43 Å². The molecule has 0 aliphatic heterocycles. The van der Waals surface area contributed by atoms with E-state index in [0.29, 0.717) is 10.0 Å². The highest BCUT2D eigenvalue weighted by atomic mass is 35.5. The third kappa shape index (κ3) is 3.82. The number of halogens is 1. The van der Waals surface area contributed by atoms with Gasteiger partial charge in [-0.15, -0.1) is 11.3 Å². The van der Waals surface area contributed by atoms with Crippen LogP contribution >= 0.6 is 22.9 Å². The Morgan fingerprint density at radius 3 is 2.59 bits per heavy atom. The molecule has 130 valence electrons. The van der Waals surface area contributed by atoms with Crippen molar-refractivity contribution in [2.75, 3.05) is 5.43 Å². The molecule has 4 nitrogen and oxygen atoms in total. The highest BCUT2D eigenvalue weighted by molar-refractivity contribution is 7.12. The molecule has 0 saturated heterocycles. The van der Waals surface area contributed by atoms with Crippen molar-refractivity contribution in [3.63, 3.8) is 0 Å². The van der Waals surface area contributed by atoms with Gasteiger partial charge in [0.05, 0.1) is 11.4 Å². The van der Waals surface area contributed by atoms with Crippen LogP contribution in [0.1, 0.15) is 5.01 Å². The molecular weight excluding hydrogens is 376 g/mol. The first-order valence-electron chi connectivity index (χ1n) is 8.17. The molecule has 0 spiro atoms. The van der Waals surface area contributed by atoms with Crippen LogP contribution in [-0.4, -0.2) is 10.7 Å². The zero-order valence-electron chi connectivity index (χ0n) is 14.1. The molecule has 0 fully saturated rings. The number of thiazole rings is 1. The Morgan fingerprint density at radius 2 is 1.81 bits per heavy atom. The number of nitrogens with one attached hydrogen (secondary N) is 1. The van der Waals surface area contributed by atoms with Gasteiger partial charge in [-0.05, 0) is 41.1 Å². The van der Waals surface area contributed by atoms with E-state index in [-0.39, 0.29) is 5.71 Å². The first-order chi connectivity index (χ1) is 13.2. The lowest BCUT2D eigenvalue weighted by molar-refractivity contribution is 1.31. The van der Waals surface area contributed by atoms with Crippen molar-refractivity contribution in [2.45, 2.75) is 0 Å². The number of benzene rings is 3. The van der Waals surface area contributed by atoms with Crippen molar-refractivity contribution in [3.8, 4) is 17.3 Å². The molecule has 6 heteroatoms. The fourth-order valence-electron chi connectivity index (χ4n) is 2.63. The zero-order valence-corrected chi connectivity index (χ0v) is 15.6. The second kappa shape index (κ2) is 7.58. The molecule has 3 aromatic carbocycles. The SMILES string of the molecule is N#C/C(=N/Nc1ccc(Cl)cc1)c1nc(-c2ccc3ccccc3c2)cs1. The van der Waals surface area contributed by atoms with Gasteiger partial charge in [0.1, 0.15) is 6.07 Å². The summed E-state index contributed by atoms with van der Waals surface area (Å²) in [6.07, 6.45) is 0. The van der Waals surface area contributed by atoms with E-state index in [1.165, 1.54) is 16.7 Å². The van der Waals surface area contributed by atoms with Crippen LogP contribution in [0, 0.1) is 11.3 Å². The van der Waals surface area contributed by atoms with Crippen LogP contribution in [0.5, 0.6) is 0 Å². The van der Waals surface area contributed by atoms with Crippen molar-refractivity contribution in [2.24, 2.45) is 5.10 Å². The van der Waals surface area contributed by atoms with Gasteiger partial charge in [-0.1, -0.05) is 48.0 Å². The summed E-state index contributed by atoms with van der Waals surface area (Å²) < 4.78 is 0. The molecule has 0 radical (unpaired) electrons. The summed E-state index contributed by atoms with van der Waals surface area (Å²) in [5, 5.41) is 19.1. The standard InChI is InChI=1S/C21H13ClN4S/c22-17-7-9-18(10-8-17)25-26-19(12-23)21-24-20(13-27-21)16-6-5-14-3-1-2-4-15(14)11-16/h1-11,13,25H/b26-19-. The summed E-state index contributed by atoms with van der Waals surface area (Å²) in [7, 11) is 0. The molecule has 0 aliphatic rings. The van der Waals surface area contributed by atoms with Gasteiger partial charge in [-0.3, -0.25) is 5.43 Å². The number of anilines is 1. The normalized spacial score (nSPS) is 11.3. The third-order valence-corrected chi connectivity index (χ3v) is 5.10. The van der Waals surface area contributed by atoms with Gasteiger partial charge in [0, 0.05) is 16.0 Å². The minimum atomic E-state index is 0.238. The van der Waals surface area contributed by atoms with Crippen molar-refractivity contribution >= 4 is 45.1 Å². The minimum Gasteiger partial charge on any atom is -0.277 e. The molecule has 0 amide bonds. The number of hydrazone groups is 1. The van der Waals surface area contributed by atoms with Crippen molar-refractivity contribution in [1.82, 2.24) is 4.98 Å². The van der Waals surface area contributed by atoms with E-state index in [4.69, 9.17) is 11.6 Å². The van der Waals surface area contributed by atoms with Crippen LogP contribution in [-0.2, 0) is 0 Å². The van der Waals surface area contributed by atoms with Crippen LogP contribution in [0.2, 0.25) is 5.02 Å². The van der Waals surface area contributed by atoms with Gasteiger partial charge in [-0.2, -0.15) is 10.4 Å². The number of rotatable bonds is 4. The van der Waals surface area contributed by atoms with E-state index < -0.39 is 0 Å². The maximum atomic E-state index is 9.45. The van der Waals surface area contributed by atoms with Crippen LogP contribution in [0.4, 0.5) is 5.69 Å². The van der Waals surface area contributed by atoms with Crippen molar-refractivity contribution in [3.05, 3.63) is 82.1 Å². The van der Waals surface area contributed by atoms with Crippen molar-refractivity contribution < 1.29 is 0 Å². The second-order valence-electron chi connectivity index (χ2n) is 5.79. The van der Waals surface area contributed by atoms with E-state index in [1.807, 2.05) is 23.6 Å².